The smallest absolute Gasteiger partial charge is 0.116 e. The quantitative estimate of drug-likeness (QED) is 0.667. The molecule has 8 heavy (non-hydrogen) atoms. The van der Waals surface area contributed by atoms with Gasteiger partial charge in [-0.15, -0.1) is 0 Å². The van der Waals surface area contributed by atoms with Crippen molar-refractivity contribution in [2.45, 2.75) is 0 Å². The van der Waals surface area contributed by atoms with Crippen LogP contribution in [0.5, 0.6) is 5.75 Å². The molecular weight excluding hydrogens is 215 g/mol. The third-order valence-electron chi connectivity index (χ3n) is 0.636. The van der Waals surface area contributed by atoms with Gasteiger partial charge in [0.1, 0.15) is 5.75 Å². The highest BCUT2D eigenvalue weighted by molar-refractivity contribution is 14.1. The Labute approximate surface area is 65.7 Å². The number of phenolic OH excluding ortho intramolecular Hbond substituents is 1. The molecule has 42 valence electrons. The molecule has 0 fully saturated rings. The molecule has 0 saturated heterocycles. The summed E-state index contributed by atoms with van der Waals surface area (Å²) in [5.41, 5.74) is 0. The second-order valence-corrected chi connectivity index (χ2v) is 2.30. The molecule has 1 N–H and O–H groups in total. The van der Waals surface area contributed by atoms with E-state index in [1.165, 1.54) is 6.07 Å². The highest BCUT2D eigenvalue weighted by Crippen LogP contribution is 2.11. The van der Waals surface area contributed by atoms with E-state index in [-0.39, 0.29) is 23.9 Å². The summed E-state index contributed by atoms with van der Waals surface area (Å²) >= 11 is 1.79. The van der Waals surface area contributed by atoms with Crippen molar-refractivity contribution in [2.24, 2.45) is 0 Å². The summed E-state index contributed by atoms with van der Waals surface area (Å²) < 4.78 is 21.9. The Morgan fingerprint density at radius 2 is 2.38 bits per heavy atom. The number of halogens is 1. The van der Waals surface area contributed by atoms with Crippen molar-refractivity contribution in [3.05, 3.63) is 27.8 Å². The van der Waals surface area contributed by atoms with Crippen LogP contribution < -0.4 is 0 Å². The Bertz CT molecular complexity index is 274. The van der Waals surface area contributed by atoms with Crippen molar-refractivity contribution in [1.82, 2.24) is 0 Å². The summed E-state index contributed by atoms with van der Waals surface area (Å²) in [7, 11) is 0. The highest BCUT2D eigenvalue weighted by Gasteiger charge is 1.84. The normalized spacial score (nSPS) is 14.4. The van der Waals surface area contributed by atoms with Gasteiger partial charge in [-0.3, -0.25) is 0 Å². The van der Waals surface area contributed by atoms with Crippen LogP contribution >= 0.6 is 22.6 Å². The van der Waals surface area contributed by atoms with Crippen LogP contribution in [0.2, 0.25) is 0 Å². The van der Waals surface area contributed by atoms with Gasteiger partial charge >= 0.3 is 0 Å². The zero-order valence-corrected chi connectivity index (χ0v) is 6.06. The van der Waals surface area contributed by atoms with Crippen LogP contribution in [0.15, 0.2) is 24.2 Å². The van der Waals surface area contributed by atoms with E-state index in [0.29, 0.717) is 3.57 Å². The molecular formula is C6H5IO. The Kier molecular flexibility index (Phi) is 0.897. The molecule has 1 aromatic rings. The van der Waals surface area contributed by atoms with Gasteiger partial charge in [0.05, 0.1) is 4.11 Å². The SMILES string of the molecule is [2H]c1cc([2H])c(I)c([2H])c1O. The van der Waals surface area contributed by atoms with Gasteiger partial charge in [0.2, 0.25) is 0 Å². The zero-order valence-electron chi connectivity index (χ0n) is 6.90. The van der Waals surface area contributed by atoms with Gasteiger partial charge in [-0.2, -0.15) is 0 Å². The molecule has 0 bridgehead atoms. The van der Waals surface area contributed by atoms with E-state index < -0.39 is 0 Å². The molecule has 0 aliphatic carbocycles. The lowest BCUT2D eigenvalue weighted by Gasteiger charge is -1.88. The molecule has 0 aliphatic heterocycles. The van der Waals surface area contributed by atoms with Crippen LogP contribution in [0.3, 0.4) is 0 Å². The average molecular weight is 223 g/mol. The predicted octanol–water partition coefficient (Wildman–Crippen LogP) is 2.00. The molecule has 0 aromatic heterocycles. The van der Waals surface area contributed by atoms with Gasteiger partial charge in [-0.05, 0) is 40.7 Å². The predicted molar refractivity (Wildman–Crippen MR) is 40.8 cm³/mol. The van der Waals surface area contributed by atoms with Crippen molar-refractivity contribution >= 4 is 22.6 Å². The summed E-state index contributed by atoms with van der Waals surface area (Å²) in [6.45, 7) is 0. The van der Waals surface area contributed by atoms with Gasteiger partial charge in [0.25, 0.3) is 0 Å². The average Bonchev–Trinajstić information content (AvgIpc) is 1.97. The molecule has 2 heteroatoms. The maximum Gasteiger partial charge on any atom is 0.116 e. The van der Waals surface area contributed by atoms with Gasteiger partial charge in [-0.25, -0.2) is 0 Å². The summed E-state index contributed by atoms with van der Waals surface area (Å²) in [5, 5.41) is 9.05. The van der Waals surface area contributed by atoms with Crippen LogP contribution in [0, 0.1) is 3.57 Å². The van der Waals surface area contributed by atoms with Crippen LogP contribution in [0.4, 0.5) is 0 Å². The van der Waals surface area contributed by atoms with Crippen molar-refractivity contribution in [3.8, 4) is 5.75 Å². The first kappa shape index (κ1) is 3.06. The van der Waals surface area contributed by atoms with E-state index in [1.807, 2.05) is 0 Å². The summed E-state index contributed by atoms with van der Waals surface area (Å²) in [5.74, 6) is -0.356. The summed E-state index contributed by atoms with van der Waals surface area (Å²) in [4.78, 5) is 0. The van der Waals surface area contributed by atoms with Gasteiger partial charge in [0.15, 0.2) is 0 Å². The first-order chi connectivity index (χ1) is 5.04. The van der Waals surface area contributed by atoms with Gasteiger partial charge in [-0.1, -0.05) is 6.07 Å². The van der Waals surface area contributed by atoms with E-state index >= 15 is 0 Å². The lowest BCUT2D eigenvalue weighted by molar-refractivity contribution is 0.475. The molecule has 1 nitrogen and oxygen atoms in total. The number of phenols is 1. The molecule has 0 radical (unpaired) electrons. The minimum Gasteiger partial charge on any atom is -0.508 e. The van der Waals surface area contributed by atoms with Crippen LogP contribution in [-0.2, 0) is 0 Å². The second-order valence-electron chi connectivity index (χ2n) is 1.22. The molecule has 0 unspecified atom stereocenters. The maximum absolute atomic E-state index is 9.05. The van der Waals surface area contributed by atoms with Gasteiger partial charge < -0.3 is 5.11 Å². The van der Waals surface area contributed by atoms with Crippen LogP contribution in [0.25, 0.3) is 0 Å². The number of benzene rings is 1. The Balaban J connectivity index is 3.46. The van der Waals surface area contributed by atoms with Gasteiger partial charge in [0, 0.05) is 3.57 Å². The minimum absolute atomic E-state index is 0.110. The molecule has 0 atom stereocenters. The Morgan fingerprint density at radius 1 is 1.62 bits per heavy atom. The highest BCUT2D eigenvalue weighted by atomic mass is 127. The van der Waals surface area contributed by atoms with E-state index in [2.05, 4.69) is 0 Å². The lowest BCUT2D eigenvalue weighted by Crippen LogP contribution is -1.65. The summed E-state index contributed by atoms with van der Waals surface area (Å²) in [6.07, 6.45) is 0. The Hall–Kier alpha value is -0.250. The molecule has 0 amide bonds. The molecule has 1 aromatic carbocycles. The first-order valence-corrected chi connectivity index (χ1v) is 3.07. The number of hydrogen-bond acceptors (Lipinski definition) is 1. The maximum atomic E-state index is 9.05. The largest absolute Gasteiger partial charge is 0.508 e. The molecule has 0 heterocycles. The third kappa shape index (κ3) is 1.36. The minimum atomic E-state index is -0.356. The van der Waals surface area contributed by atoms with Crippen molar-refractivity contribution in [1.29, 1.82) is 0 Å². The zero-order chi connectivity index (χ0) is 8.59. The number of aromatic hydroxyl groups is 1. The van der Waals surface area contributed by atoms with E-state index in [1.54, 1.807) is 22.6 Å². The van der Waals surface area contributed by atoms with E-state index in [9.17, 15) is 0 Å². The van der Waals surface area contributed by atoms with E-state index in [4.69, 9.17) is 9.22 Å². The lowest BCUT2D eigenvalue weighted by atomic mass is 10.3. The third-order valence-corrected chi connectivity index (χ3v) is 1.22. The molecule has 0 aliphatic rings. The second kappa shape index (κ2) is 2.35. The standard InChI is InChI=1S/C6H5IO/c7-5-2-1-3-6(8)4-5/h1-4,8H/i2D,3D,4D. The van der Waals surface area contributed by atoms with Crippen molar-refractivity contribution in [3.63, 3.8) is 0 Å². The topological polar surface area (TPSA) is 20.2 Å². The summed E-state index contributed by atoms with van der Waals surface area (Å²) in [6, 6.07) is 1.02. The fourth-order valence-electron chi connectivity index (χ4n) is 0.344. The molecule has 0 spiro atoms. The van der Waals surface area contributed by atoms with Crippen molar-refractivity contribution < 1.29 is 9.22 Å². The number of rotatable bonds is 0. The fraction of sp³-hybridized carbons (Fsp3) is 0. The number of hydrogen-bond donors (Lipinski definition) is 1. The molecule has 0 saturated carbocycles. The first-order valence-electron chi connectivity index (χ1n) is 3.49. The fourth-order valence-corrected chi connectivity index (χ4v) is 0.755. The van der Waals surface area contributed by atoms with Crippen LogP contribution in [0.1, 0.15) is 4.11 Å². The van der Waals surface area contributed by atoms with Crippen LogP contribution in [-0.4, -0.2) is 5.11 Å². The molecule has 1 rings (SSSR count). The van der Waals surface area contributed by atoms with Crippen molar-refractivity contribution in [2.75, 3.05) is 0 Å². The van der Waals surface area contributed by atoms with E-state index in [0.717, 1.165) is 0 Å². The monoisotopic (exact) mass is 223 g/mol. The Morgan fingerprint density at radius 3 is 3.12 bits per heavy atom.